The Bertz CT molecular complexity index is 594. The van der Waals surface area contributed by atoms with Gasteiger partial charge in [0, 0.05) is 12.1 Å². The standard InChI is InChI=1S/C15H19ClN2O2/c1-4-18-13(15(16)10(2)17-18)9-20-14-8-6-5-7-12(14)11(3)19/h5-8,11,19H,4,9H2,1-3H3/t11-/m1/s1. The maximum absolute atomic E-state index is 9.74. The van der Waals surface area contributed by atoms with Gasteiger partial charge < -0.3 is 9.84 Å². The van der Waals surface area contributed by atoms with Crippen LogP contribution in [0.2, 0.25) is 5.02 Å². The third kappa shape index (κ3) is 2.97. The lowest BCUT2D eigenvalue weighted by Gasteiger charge is -2.14. The quantitative estimate of drug-likeness (QED) is 0.918. The van der Waals surface area contributed by atoms with Crippen molar-refractivity contribution in [1.29, 1.82) is 0 Å². The molecule has 5 heteroatoms. The van der Waals surface area contributed by atoms with Gasteiger partial charge in [-0.15, -0.1) is 0 Å². The zero-order chi connectivity index (χ0) is 14.7. The van der Waals surface area contributed by atoms with E-state index in [4.69, 9.17) is 16.3 Å². The summed E-state index contributed by atoms with van der Waals surface area (Å²) in [5.41, 5.74) is 2.42. The van der Waals surface area contributed by atoms with Crippen LogP contribution in [0.25, 0.3) is 0 Å². The molecule has 0 aliphatic rings. The number of benzene rings is 1. The molecule has 0 bridgehead atoms. The lowest BCUT2D eigenvalue weighted by molar-refractivity contribution is 0.189. The van der Waals surface area contributed by atoms with Crippen molar-refractivity contribution in [3.05, 3.63) is 46.2 Å². The minimum absolute atomic E-state index is 0.331. The van der Waals surface area contributed by atoms with Crippen LogP contribution in [0.4, 0.5) is 0 Å². The van der Waals surface area contributed by atoms with Crippen LogP contribution in [-0.2, 0) is 13.2 Å². The van der Waals surface area contributed by atoms with E-state index < -0.39 is 6.10 Å². The Labute approximate surface area is 123 Å². The topological polar surface area (TPSA) is 47.3 Å². The summed E-state index contributed by atoms with van der Waals surface area (Å²) in [5, 5.41) is 14.7. The van der Waals surface area contributed by atoms with Gasteiger partial charge >= 0.3 is 0 Å². The Morgan fingerprint density at radius 1 is 1.40 bits per heavy atom. The number of aromatic nitrogens is 2. The lowest BCUT2D eigenvalue weighted by Crippen LogP contribution is -2.07. The Balaban J connectivity index is 2.21. The first-order chi connectivity index (χ1) is 9.54. The molecule has 0 spiro atoms. The number of halogens is 1. The van der Waals surface area contributed by atoms with Gasteiger partial charge in [0.15, 0.2) is 0 Å². The number of aliphatic hydroxyl groups excluding tert-OH is 1. The maximum Gasteiger partial charge on any atom is 0.131 e. The summed E-state index contributed by atoms with van der Waals surface area (Å²) in [7, 11) is 0. The highest BCUT2D eigenvalue weighted by molar-refractivity contribution is 6.31. The summed E-state index contributed by atoms with van der Waals surface area (Å²) in [6.45, 7) is 6.68. The van der Waals surface area contributed by atoms with Gasteiger partial charge in [0.2, 0.25) is 0 Å². The number of ether oxygens (including phenoxy) is 1. The SMILES string of the molecule is CCn1nc(C)c(Cl)c1COc1ccccc1[C@@H](C)O. The van der Waals surface area contributed by atoms with E-state index in [0.29, 0.717) is 17.4 Å². The Morgan fingerprint density at radius 3 is 2.75 bits per heavy atom. The van der Waals surface area contributed by atoms with E-state index in [1.807, 2.05) is 42.8 Å². The molecule has 1 N–H and O–H groups in total. The van der Waals surface area contributed by atoms with Gasteiger partial charge in [0.25, 0.3) is 0 Å². The summed E-state index contributed by atoms with van der Waals surface area (Å²) in [6, 6.07) is 7.45. The van der Waals surface area contributed by atoms with Gasteiger partial charge in [-0.1, -0.05) is 29.8 Å². The number of hydrogen-bond acceptors (Lipinski definition) is 3. The van der Waals surface area contributed by atoms with Crippen molar-refractivity contribution >= 4 is 11.6 Å². The van der Waals surface area contributed by atoms with Crippen LogP contribution in [0.3, 0.4) is 0 Å². The number of para-hydroxylation sites is 1. The molecule has 0 amide bonds. The number of aliphatic hydroxyl groups is 1. The van der Waals surface area contributed by atoms with E-state index in [1.54, 1.807) is 6.92 Å². The third-order valence-electron chi connectivity index (χ3n) is 3.19. The summed E-state index contributed by atoms with van der Waals surface area (Å²) in [4.78, 5) is 0. The molecule has 0 aliphatic carbocycles. The van der Waals surface area contributed by atoms with Crippen LogP contribution in [0.15, 0.2) is 24.3 Å². The van der Waals surface area contributed by atoms with Gasteiger partial charge in [-0.3, -0.25) is 4.68 Å². The molecule has 2 rings (SSSR count). The van der Waals surface area contributed by atoms with Crippen LogP contribution in [0.5, 0.6) is 5.75 Å². The van der Waals surface area contributed by atoms with Crippen molar-refractivity contribution in [3.8, 4) is 5.75 Å². The molecule has 1 atom stereocenters. The van der Waals surface area contributed by atoms with E-state index in [9.17, 15) is 5.11 Å². The summed E-state index contributed by atoms with van der Waals surface area (Å²) < 4.78 is 7.65. The number of hydrogen-bond donors (Lipinski definition) is 1. The second-order valence-electron chi connectivity index (χ2n) is 4.66. The van der Waals surface area contributed by atoms with Crippen LogP contribution in [-0.4, -0.2) is 14.9 Å². The molecule has 20 heavy (non-hydrogen) atoms. The summed E-state index contributed by atoms with van der Waals surface area (Å²) in [5.74, 6) is 0.667. The fourth-order valence-corrected chi connectivity index (χ4v) is 2.30. The largest absolute Gasteiger partial charge is 0.487 e. The molecule has 0 saturated heterocycles. The zero-order valence-electron chi connectivity index (χ0n) is 11.9. The monoisotopic (exact) mass is 294 g/mol. The van der Waals surface area contributed by atoms with E-state index in [0.717, 1.165) is 23.5 Å². The average molecular weight is 295 g/mol. The molecule has 1 heterocycles. The minimum Gasteiger partial charge on any atom is -0.487 e. The van der Waals surface area contributed by atoms with Crippen molar-refractivity contribution in [3.63, 3.8) is 0 Å². The minimum atomic E-state index is -0.570. The van der Waals surface area contributed by atoms with E-state index in [2.05, 4.69) is 5.10 Å². The predicted octanol–water partition coefficient (Wildman–Crippen LogP) is 3.50. The Kier molecular flexibility index (Phi) is 4.68. The van der Waals surface area contributed by atoms with Crippen molar-refractivity contribution in [2.45, 2.75) is 40.0 Å². The zero-order valence-corrected chi connectivity index (χ0v) is 12.7. The first-order valence-electron chi connectivity index (χ1n) is 6.66. The van der Waals surface area contributed by atoms with Crippen LogP contribution in [0.1, 0.15) is 36.9 Å². The molecule has 108 valence electrons. The molecule has 0 radical (unpaired) electrons. The molecule has 0 aliphatic heterocycles. The van der Waals surface area contributed by atoms with Crippen molar-refractivity contribution in [1.82, 2.24) is 9.78 Å². The van der Waals surface area contributed by atoms with Crippen molar-refractivity contribution in [2.75, 3.05) is 0 Å². The van der Waals surface area contributed by atoms with E-state index >= 15 is 0 Å². The van der Waals surface area contributed by atoms with Gasteiger partial charge in [-0.2, -0.15) is 5.10 Å². The van der Waals surface area contributed by atoms with Gasteiger partial charge in [0.1, 0.15) is 12.4 Å². The lowest BCUT2D eigenvalue weighted by atomic mass is 10.1. The van der Waals surface area contributed by atoms with Crippen LogP contribution >= 0.6 is 11.6 Å². The van der Waals surface area contributed by atoms with Crippen LogP contribution in [0, 0.1) is 6.92 Å². The summed E-state index contributed by atoms with van der Waals surface area (Å²) >= 11 is 6.25. The Morgan fingerprint density at radius 2 is 2.10 bits per heavy atom. The highest BCUT2D eigenvalue weighted by atomic mass is 35.5. The van der Waals surface area contributed by atoms with Gasteiger partial charge in [0.05, 0.1) is 22.5 Å². The molecule has 4 nitrogen and oxygen atoms in total. The molecule has 1 aromatic heterocycles. The predicted molar refractivity (Wildman–Crippen MR) is 79.1 cm³/mol. The number of nitrogens with zero attached hydrogens (tertiary/aromatic N) is 2. The molecule has 0 saturated carbocycles. The molecular formula is C15H19ClN2O2. The highest BCUT2D eigenvalue weighted by Gasteiger charge is 2.14. The second-order valence-corrected chi connectivity index (χ2v) is 5.04. The normalized spacial score (nSPS) is 12.4. The van der Waals surface area contributed by atoms with Crippen molar-refractivity contribution in [2.24, 2.45) is 0 Å². The second kappa shape index (κ2) is 6.29. The molecule has 0 fully saturated rings. The highest BCUT2D eigenvalue weighted by Crippen LogP contribution is 2.27. The van der Waals surface area contributed by atoms with Gasteiger partial charge in [-0.05, 0) is 26.8 Å². The number of aryl methyl sites for hydroxylation is 2. The smallest absolute Gasteiger partial charge is 0.131 e. The molecular weight excluding hydrogens is 276 g/mol. The number of rotatable bonds is 5. The molecule has 2 aromatic rings. The maximum atomic E-state index is 9.74. The van der Waals surface area contributed by atoms with E-state index in [1.165, 1.54) is 0 Å². The summed E-state index contributed by atoms with van der Waals surface area (Å²) in [6.07, 6.45) is -0.570. The average Bonchev–Trinajstić information content (AvgIpc) is 2.72. The first-order valence-corrected chi connectivity index (χ1v) is 7.04. The third-order valence-corrected chi connectivity index (χ3v) is 3.68. The first kappa shape index (κ1) is 14.9. The Hall–Kier alpha value is -1.52. The molecule has 0 unspecified atom stereocenters. The fraction of sp³-hybridized carbons (Fsp3) is 0.400. The fourth-order valence-electron chi connectivity index (χ4n) is 2.11. The van der Waals surface area contributed by atoms with Gasteiger partial charge in [-0.25, -0.2) is 0 Å². The van der Waals surface area contributed by atoms with E-state index in [-0.39, 0.29) is 0 Å². The van der Waals surface area contributed by atoms with Crippen molar-refractivity contribution < 1.29 is 9.84 Å². The molecule has 1 aromatic carbocycles. The van der Waals surface area contributed by atoms with Crippen LogP contribution < -0.4 is 4.74 Å².